The molecule has 7 nitrogen and oxygen atoms in total. The van der Waals surface area contributed by atoms with E-state index < -0.39 is 18.5 Å². The molecule has 0 aliphatic carbocycles. The molecular formula is C5H11CuNO6. The van der Waals surface area contributed by atoms with Crippen molar-refractivity contribution >= 4 is 17.7 Å². The molecule has 6 N–H and O–H groups in total. The van der Waals surface area contributed by atoms with Crippen LogP contribution < -0.4 is 0 Å². The first-order chi connectivity index (χ1) is 4.54. The first-order valence-corrected chi connectivity index (χ1v) is 2.50. The van der Waals surface area contributed by atoms with Crippen LogP contribution in [0.4, 0.5) is 0 Å². The molecule has 0 rings (SSSR count). The van der Waals surface area contributed by atoms with E-state index in [1.54, 1.807) is 0 Å². The molecule has 0 unspecified atom stereocenters. The Balaban J connectivity index is -0.000000135. The number of carboxylic acid groups (broad SMARTS) is 2. The Labute approximate surface area is 84.6 Å². The van der Waals surface area contributed by atoms with E-state index in [1.807, 2.05) is 0 Å². The number of carboxylic acids is 2. The molecule has 0 aliphatic rings. The molecule has 1 radical (unpaired) electrons. The normalized spacial score (nSPS) is 8.54. The fraction of sp³-hybridized carbons (Fsp3) is 0.400. The molecule has 0 saturated heterocycles. The Morgan fingerprint density at radius 2 is 1.62 bits per heavy atom. The minimum absolute atomic E-state index is 0. The second kappa shape index (κ2) is 11.0. The van der Waals surface area contributed by atoms with E-state index in [1.165, 1.54) is 6.92 Å². The molecule has 0 amide bonds. The van der Waals surface area contributed by atoms with Crippen LogP contribution in [-0.4, -0.2) is 45.4 Å². The van der Waals surface area contributed by atoms with Crippen LogP contribution in [0.1, 0.15) is 6.92 Å². The van der Waals surface area contributed by atoms with Gasteiger partial charge in [-0.3, -0.25) is 9.79 Å². The zero-order valence-corrected chi connectivity index (χ0v) is 7.61. The summed E-state index contributed by atoms with van der Waals surface area (Å²) >= 11 is 0. The SMILES string of the molecule is CC(=NCC(=O)O)C(=O)O.O.O.[Cu]. The van der Waals surface area contributed by atoms with E-state index in [9.17, 15) is 9.59 Å². The van der Waals surface area contributed by atoms with Gasteiger partial charge in [-0.15, -0.1) is 0 Å². The summed E-state index contributed by atoms with van der Waals surface area (Å²) in [5.74, 6) is -2.33. The van der Waals surface area contributed by atoms with Gasteiger partial charge in [0, 0.05) is 17.1 Å². The Morgan fingerprint density at radius 3 is 1.85 bits per heavy atom. The summed E-state index contributed by atoms with van der Waals surface area (Å²) in [6.07, 6.45) is 0. The molecule has 83 valence electrons. The zero-order chi connectivity index (χ0) is 8.15. The summed E-state index contributed by atoms with van der Waals surface area (Å²) < 4.78 is 0. The Bertz CT molecular complexity index is 191. The average Bonchev–Trinajstić information content (AvgIpc) is 1.82. The van der Waals surface area contributed by atoms with Crippen molar-refractivity contribution in [3.63, 3.8) is 0 Å². The standard InChI is InChI=1S/C5H7NO4.Cu.2H2O/c1-3(5(9)10)6-2-4(7)8;;;/h2H2,1H3,(H,7,8)(H,9,10);;2*1H2. The third kappa shape index (κ3) is 14.0. The molecule has 0 aromatic rings. The molecule has 0 aliphatic heterocycles. The van der Waals surface area contributed by atoms with E-state index >= 15 is 0 Å². The predicted octanol–water partition coefficient (Wildman–Crippen LogP) is -2.04. The average molecular weight is 245 g/mol. The van der Waals surface area contributed by atoms with Crippen LogP contribution in [-0.2, 0) is 26.7 Å². The van der Waals surface area contributed by atoms with Crippen LogP contribution in [0.25, 0.3) is 0 Å². The minimum atomic E-state index is -1.19. The summed E-state index contributed by atoms with van der Waals surface area (Å²) in [7, 11) is 0. The number of hydrogen-bond donors (Lipinski definition) is 2. The number of carbonyl (C=O) groups is 2. The number of aliphatic imine (C=N–C) groups is 1. The van der Waals surface area contributed by atoms with Gasteiger partial charge < -0.3 is 21.2 Å². The third-order valence-corrected chi connectivity index (χ3v) is 0.761. The van der Waals surface area contributed by atoms with Crippen molar-refractivity contribution in [2.24, 2.45) is 4.99 Å². The van der Waals surface area contributed by atoms with Gasteiger partial charge in [-0.05, 0) is 6.92 Å². The third-order valence-electron chi connectivity index (χ3n) is 0.761. The molecular weight excluding hydrogens is 234 g/mol. The minimum Gasteiger partial charge on any atom is -0.480 e. The quantitative estimate of drug-likeness (QED) is 0.434. The number of nitrogens with zero attached hydrogens (tertiary/aromatic N) is 1. The zero-order valence-electron chi connectivity index (χ0n) is 6.67. The Morgan fingerprint density at radius 1 is 1.23 bits per heavy atom. The molecule has 0 aromatic heterocycles. The maximum atomic E-state index is 9.99. The smallest absolute Gasteiger partial charge is 0.349 e. The fourth-order valence-electron chi connectivity index (χ4n) is 0.254. The summed E-state index contributed by atoms with van der Waals surface area (Å²) in [6, 6.07) is 0. The van der Waals surface area contributed by atoms with Crippen molar-refractivity contribution in [3.05, 3.63) is 0 Å². The maximum Gasteiger partial charge on any atom is 0.349 e. The van der Waals surface area contributed by atoms with Gasteiger partial charge in [-0.1, -0.05) is 0 Å². The molecule has 0 fully saturated rings. The molecule has 0 aromatic carbocycles. The van der Waals surface area contributed by atoms with Gasteiger partial charge in [0.1, 0.15) is 12.3 Å². The molecule has 0 saturated carbocycles. The van der Waals surface area contributed by atoms with Crippen molar-refractivity contribution in [1.82, 2.24) is 0 Å². The van der Waals surface area contributed by atoms with Gasteiger partial charge in [0.25, 0.3) is 0 Å². The van der Waals surface area contributed by atoms with E-state index in [0.29, 0.717) is 0 Å². The van der Waals surface area contributed by atoms with Crippen molar-refractivity contribution in [1.29, 1.82) is 0 Å². The largest absolute Gasteiger partial charge is 0.480 e. The first-order valence-electron chi connectivity index (χ1n) is 2.50. The summed E-state index contributed by atoms with van der Waals surface area (Å²) in [5.41, 5.74) is -0.192. The maximum absolute atomic E-state index is 9.99. The van der Waals surface area contributed by atoms with E-state index in [0.717, 1.165) is 0 Å². The van der Waals surface area contributed by atoms with E-state index in [2.05, 4.69) is 4.99 Å². The van der Waals surface area contributed by atoms with Gasteiger partial charge in [0.15, 0.2) is 0 Å². The molecule has 0 bridgehead atoms. The van der Waals surface area contributed by atoms with Crippen LogP contribution in [0, 0.1) is 0 Å². The summed E-state index contributed by atoms with van der Waals surface area (Å²) in [6.45, 7) is 0.753. The van der Waals surface area contributed by atoms with Gasteiger partial charge in [0.05, 0.1) is 0 Å². The van der Waals surface area contributed by atoms with Crippen LogP contribution in [0.15, 0.2) is 4.99 Å². The van der Waals surface area contributed by atoms with Gasteiger partial charge >= 0.3 is 11.9 Å². The van der Waals surface area contributed by atoms with Crippen molar-refractivity contribution in [3.8, 4) is 0 Å². The van der Waals surface area contributed by atoms with Crippen LogP contribution in [0.2, 0.25) is 0 Å². The van der Waals surface area contributed by atoms with Crippen LogP contribution in [0.5, 0.6) is 0 Å². The fourth-order valence-corrected chi connectivity index (χ4v) is 0.254. The predicted molar refractivity (Wildman–Crippen MR) is 40.5 cm³/mol. The summed E-state index contributed by atoms with van der Waals surface area (Å²) in [4.78, 5) is 23.1. The number of aliphatic carboxylic acids is 2. The number of rotatable bonds is 3. The monoisotopic (exact) mass is 244 g/mol. The molecule has 0 heterocycles. The van der Waals surface area contributed by atoms with Crippen molar-refractivity contribution in [2.75, 3.05) is 6.54 Å². The van der Waals surface area contributed by atoms with Gasteiger partial charge in [0.2, 0.25) is 0 Å². The van der Waals surface area contributed by atoms with Crippen molar-refractivity contribution < 1.29 is 47.8 Å². The van der Waals surface area contributed by atoms with E-state index in [-0.39, 0.29) is 33.7 Å². The second-order valence-corrected chi connectivity index (χ2v) is 1.60. The number of hydrogen-bond acceptors (Lipinski definition) is 3. The van der Waals surface area contributed by atoms with Gasteiger partial charge in [-0.2, -0.15) is 0 Å². The van der Waals surface area contributed by atoms with Crippen molar-refractivity contribution in [2.45, 2.75) is 6.92 Å². The Kier molecular flexibility index (Phi) is 19.3. The van der Waals surface area contributed by atoms with Crippen LogP contribution >= 0.6 is 0 Å². The second-order valence-electron chi connectivity index (χ2n) is 1.60. The molecule has 8 heteroatoms. The first kappa shape index (κ1) is 22.7. The molecule has 0 atom stereocenters. The topological polar surface area (TPSA) is 150 Å². The van der Waals surface area contributed by atoms with Gasteiger partial charge in [-0.25, -0.2) is 4.79 Å². The van der Waals surface area contributed by atoms with Crippen LogP contribution in [0.3, 0.4) is 0 Å². The van der Waals surface area contributed by atoms with E-state index in [4.69, 9.17) is 10.2 Å². The molecule has 0 spiro atoms. The summed E-state index contributed by atoms with van der Waals surface area (Å²) in [5, 5.41) is 16.2. The Hall–Kier alpha value is -0.951. The molecule has 13 heavy (non-hydrogen) atoms.